The number of ether oxygens (including phenoxy) is 1. The number of para-hydroxylation sites is 2. The van der Waals surface area contributed by atoms with Gasteiger partial charge in [-0.2, -0.15) is 0 Å². The van der Waals surface area contributed by atoms with Crippen molar-refractivity contribution in [3.63, 3.8) is 0 Å². The molecule has 122 valence electrons. The lowest BCUT2D eigenvalue weighted by atomic mass is 10.2. The van der Waals surface area contributed by atoms with Crippen LogP contribution < -0.4 is 15.0 Å². The third-order valence-corrected chi connectivity index (χ3v) is 3.90. The molecule has 0 aromatic heterocycles. The first kappa shape index (κ1) is 16.6. The van der Waals surface area contributed by atoms with Crippen molar-refractivity contribution < 1.29 is 9.53 Å². The molecule has 22 heavy (non-hydrogen) atoms. The molecule has 0 bridgehead atoms. The summed E-state index contributed by atoms with van der Waals surface area (Å²) in [7, 11) is 1.71. The zero-order valence-corrected chi connectivity index (χ0v) is 13.8. The first-order valence-electron chi connectivity index (χ1n) is 8.00. The van der Waals surface area contributed by atoms with Crippen LogP contribution >= 0.6 is 0 Å². The first-order valence-corrected chi connectivity index (χ1v) is 8.00. The number of piperazine rings is 1. The van der Waals surface area contributed by atoms with Gasteiger partial charge in [0.25, 0.3) is 0 Å². The van der Waals surface area contributed by atoms with Crippen molar-refractivity contribution >= 4 is 11.6 Å². The third kappa shape index (κ3) is 4.63. The summed E-state index contributed by atoms with van der Waals surface area (Å²) in [5.74, 6) is 1.06. The van der Waals surface area contributed by atoms with Crippen LogP contribution in [0.25, 0.3) is 0 Å². The second kappa shape index (κ2) is 8.03. The van der Waals surface area contributed by atoms with E-state index in [9.17, 15) is 4.79 Å². The molecule has 0 spiro atoms. The molecule has 0 atom stereocenters. The average Bonchev–Trinajstić information content (AvgIpc) is 2.53. The molecule has 5 nitrogen and oxygen atoms in total. The number of nitrogens with zero attached hydrogens (tertiary/aromatic N) is 2. The summed E-state index contributed by atoms with van der Waals surface area (Å²) in [6.45, 7) is 8.70. The van der Waals surface area contributed by atoms with Crippen LogP contribution in [0.4, 0.5) is 5.69 Å². The van der Waals surface area contributed by atoms with E-state index in [0.29, 0.717) is 6.42 Å². The SMILES string of the molecule is COc1ccccc1N1CCN(CCC(=O)NC(C)C)CC1. The van der Waals surface area contributed by atoms with Crippen LogP contribution in [0.2, 0.25) is 0 Å². The minimum absolute atomic E-state index is 0.141. The number of benzene rings is 1. The summed E-state index contributed by atoms with van der Waals surface area (Å²) in [4.78, 5) is 16.4. The second-order valence-electron chi connectivity index (χ2n) is 5.97. The Labute approximate surface area is 133 Å². The van der Waals surface area contributed by atoms with Gasteiger partial charge in [0.05, 0.1) is 12.8 Å². The number of hydrogen-bond acceptors (Lipinski definition) is 4. The molecule has 1 aromatic carbocycles. The predicted octanol–water partition coefficient (Wildman–Crippen LogP) is 1.73. The maximum atomic E-state index is 11.7. The molecule has 1 aromatic rings. The van der Waals surface area contributed by atoms with Crippen LogP contribution in [0.15, 0.2) is 24.3 Å². The summed E-state index contributed by atoms with van der Waals surface area (Å²) in [6, 6.07) is 8.35. The number of carbonyl (C=O) groups excluding carboxylic acids is 1. The van der Waals surface area contributed by atoms with Crippen LogP contribution in [0.1, 0.15) is 20.3 Å². The quantitative estimate of drug-likeness (QED) is 0.869. The van der Waals surface area contributed by atoms with E-state index in [1.165, 1.54) is 0 Å². The number of methoxy groups -OCH3 is 1. The lowest BCUT2D eigenvalue weighted by Crippen LogP contribution is -2.47. The van der Waals surface area contributed by atoms with Gasteiger partial charge in [-0.25, -0.2) is 0 Å². The Kier molecular flexibility index (Phi) is 6.07. The highest BCUT2D eigenvalue weighted by Gasteiger charge is 2.19. The second-order valence-corrected chi connectivity index (χ2v) is 5.97. The molecule has 0 saturated carbocycles. The minimum Gasteiger partial charge on any atom is -0.495 e. The summed E-state index contributed by atoms with van der Waals surface area (Å²) in [6.07, 6.45) is 0.576. The van der Waals surface area contributed by atoms with Gasteiger partial charge in [-0.15, -0.1) is 0 Å². The lowest BCUT2D eigenvalue weighted by Gasteiger charge is -2.36. The average molecular weight is 305 g/mol. The maximum absolute atomic E-state index is 11.7. The Morgan fingerprint density at radius 1 is 1.23 bits per heavy atom. The van der Waals surface area contributed by atoms with E-state index in [1.807, 2.05) is 32.0 Å². The molecule has 0 radical (unpaired) electrons. The molecule has 1 aliphatic heterocycles. The van der Waals surface area contributed by atoms with E-state index in [-0.39, 0.29) is 11.9 Å². The number of hydrogen-bond donors (Lipinski definition) is 1. The van der Waals surface area contributed by atoms with Crippen molar-refractivity contribution in [3.05, 3.63) is 24.3 Å². The monoisotopic (exact) mass is 305 g/mol. The Bertz CT molecular complexity index is 483. The molecule has 1 heterocycles. The lowest BCUT2D eigenvalue weighted by molar-refractivity contribution is -0.121. The van der Waals surface area contributed by atoms with Gasteiger partial charge in [0.15, 0.2) is 0 Å². The highest BCUT2D eigenvalue weighted by Crippen LogP contribution is 2.28. The highest BCUT2D eigenvalue weighted by atomic mass is 16.5. The van der Waals surface area contributed by atoms with Gasteiger partial charge >= 0.3 is 0 Å². The zero-order chi connectivity index (χ0) is 15.9. The van der Waals surface area contributed by atoms with Crippen molar-refractivity contribution in [1.29, 1.82) is 0 Å². The Balaban J connectivity index is 1.79. The molecule has 1 N–H and O–H groups in total. The molecule has 5 heteroatoms. The van der Waals surface area contributed by atoms with Gasteiger partial charge in [0.2, 0.25) is 5.91 Å². The first-order chi connectivity index (χ1) is 10.6. The van der Waals surface area contributed by atoms with Crippen LogP contribution in [0.5, 0.6) is 5.75 Å². The van der Waals surface area contributed by atoms with Crippen molar-refractivity contribution in [2.75, 3.05) is 44.7 Å². The van der Waals surface area contributed by atoms with Gasteiger partial charge < -0.3 is 15.0 Å². The van der Waals surface area contributed by atoms with Crippen molar-refractivity contribution in [3.8, 4) is 5.75 Å². The summed E-state index contributed by atoms with van der Waals surface area (Å²) >= 11 is 0. The fraction of sp³-hybridized carbons (Fsp3) is 0.588. The van der Waals surface area contributed by atoms with Crippen LogP contribution in [-0.4, -0.2) is 56.7 Å². The molecule has 1 amide bonds. The van der Waals surface area contributed by atoms with Crippen molar-refractivity contribution in [2.24, 2.45) is 0 Å². The molecule has 2 rings (SSSR count). The van der Waals surface area contributed by atoms with Gasteiger partial charge in [0.1, 0.15) is 5.75 Å². The van der Waals surface area contributed by atoms with E-state index in [0.717, 1.165) is 44.2 Å². The number of anilines is 1. The molecule has 1 aliphatic rings. The minimum atomic E-state index is 0.141. The topological polar surface area (TPSA) is 44.8 Å². The van der Waals surface area contributed by atoms with Crippen LogP contribution in [-0.2, 0) is 4.79 Å². The number of amides is 1. The van der Waals surface area contributed by atoms with Crippen LogP contribution in [0.3, 0.4) is 0 Å². The largest absolute Gasteiger partial charge is 0.495 e. The Morgan fingerprint density at radius 2 is 1.91 bits per heavy atom. The molecule has 0 aliphatic carbocycles. The Morgan fingerprint density at radius 3 is 2.55 bits per heavy atom. The van der Waals surface area contributed by atoms with Crippen molar-refractivity contribution in [2.45, 2.75) is 26.3 Å². The molecular weight excluding hydrogens is 278 g/mol. The third-order valence-electron chi connectivity index (χ3n) is 3.90. The van der Waals surface area contributed by atoms with E-state index in [2.05, 4.69) is 21.2 Å². The van der Waals surface area contributed by atoms with Gasteiger partial charge in [-0.3, -0.25) is 9.69 Å². The van der Waals surface area contributed by atoms with E-state index >= 15 is 0 Å². The van der Waals surface area contributed by atoms with E-state index < -0.39 is 0 Å². The Hall–Kier alpha value is -1.75. The van der Waals surface area contributed by atoms with E-state index in [1.54, 1.807) is 7.11 Å². The highest BCUT2D eigenvalue weighted by molar-refractivity contribution is 5.76. The number of rotatable bonds is 6. The molecule has 1 fully saturated rings. The van der Waals surface area contributed by atoms with Gasteiger partial charge in [-0.1, -0.05) is 12.1 Å². The molecular formula is C17H27N3O2. The normalized spacial score (nSPS) is 15.9. The van der Waals surface area contributed by atoms with E-state index in [4.69, 9.17) is 4.74 Å². The fourth-order valence-corrected chi connectivity index (χ4v) is 2.76. The maximum Gasteiger partial charge on any atom is 0.221 e. The molecule has 0 unspecified atom stereocenters. The van der Waals surface area contributed by atoms with Crippen LogP contribution in [0, 0.1) is 0 Å². The van der Waals surface area contributed by atoms with Crippen molar-refractivity contribution in [1.82, 2.24) is 10.2 Å². The summed E-state index contributed by atoms with van der Waals surface area (Å²) in [5, 5.41) is 2.94. The zero-order valence-electron chi connectivity index (χ0n) is 13.8. The summed E-state index contributed by atoms with van der Waals surface area (Å²) in [5.41, 5.74) is 1.15. The smallest absolute Gasteiger partial charge is 0.221 e. The number of carbonyl (C=O) groups is 1. The standard InChI is InChI=1S/C17H27N3O2/c1-14(2)18-17(21)8-9-19-10-12-20(13-11-19)15-6-4-5-7-16(15)22-3/h4-7,14H,8-13H2,1-3H3,(H,18,21). The predicted molar refractivity (Wildman–Crippen MR) is 89.5 cm³/mol. The van der Waals surface area contributed by atoms with Gasteiger partial charge in [-0.05, 0) is 26.0 Å². The molecule has 1 saturated heterocycles. The van der Waals surface area contributed by atoms with Gasteiger partial charge in [0, 0.05) is 45.2 Å². The number of nitrogens with one attached hydrogen (secondary N) is 1. The summed E-state index contributed by atoms with van der Waals surface area (Å²) < 4.78 is 5.43. The fourth-order valence-electron chi connectivity index (χ4n) is 2.76.